The molecule has 0 saturated heterocycles. The van der Waals surface area contributed by atoms with Crippen LogP contribution in [0.3, 0.4) is 0 Å². The molecule has 0 heterocycles. The minimum Gasteiger partial charge on any atom is -0.466 e. The van der Waals surface area contributed by atoms with Gasteiger partial charge in [-0.15, -0.1) is 0 Å². The van der Waals surface area contributed by atoms with Crippen LogP contribution >= 0.6 is 11.6 Å². The molecule has 1 aliphatic carbocycles. The molecular formula is C15H17ClO4. The number of halogens is 1. The standard InChI is InChI=1S/C15H17ClO4/c1-3-19-13(17)11-9-15(11,14(18)20-4-2)10-7-5-6-8-12(10)16/h5-8,11H,3-4,9H2,1-2H3/t11-,15+/m1/s1. The molecule has 0 radical (unpaired) electrons. The van der Waals surface area contributed by atoms with E-state index in [0.29, 0.717) is 17.0 Å². The molecule has 1 fully saturated rings. The van der Waals surface area contributed by atoms with Gasteiger partial charge in [-0.05, 0) is 31.9 Å². The van der Waals surface area contributed by atoms with E-state index in [1.165, 1.54) is 0 Å². The maximum atomic E-state index is 12.3. The van der Waals surface area contributed by atoms with Crippen molar-refractivity contribution in [3.63, 3.8) is 0 Å². The molecule has 2 rings (SSSR count). The Morgan fingerprint density at radius 1 is 1.25 bits per heavy atom. The summed E-state index contributed by atoms with van der Waals surface area (Å²) in [5.41, 5.74) is -0.348. The van der Waals surface area contributed by atoms with Crippen LogP contribution in [0.15, 0.2) is 24.3 Å². The first-order valence-corrected chi connectivity index (χ1v) is 7.04. The first kappa shape index (κ1) is 14.9. The van der Waals surface area contributed by atoms with Crippen molar-refractivity contribution < 1.29 is 19.1 Å². The summed E-state index contributed by atoms with van der Waals surface area (Å²) in [5, 5.41) is 0.465. The van der Waals surface area contributed by atoms with E-state index < -0.39 is 17.3 Å². The van der Waals surface area contributed by atoms with E-state index in [4.69, 9.17) is 21.1 Å². The first-order valence-electron chi connectivity index (χ1n) is 6.66. The summed E-state index contributed by atoms with van der Waals surface area (Å²) in [6, 6.07) is 7.05. The lowest BCUT2D eigenvalue weighted by molar-refractivity contribution is -0.152. The first-order chi connectivity index (χ1) is 9.57. The second-order valence-corrected chi connectivity index (χ2v) is 5.09. The van der Waals surface area contributed by atoms with Gasteiger partial charge in [-0.2, -0.15) is 0 Å². The summed E-state index contributed by atoms with van der Waals surface area (Å²) in [6.45, 7) is 4.03. The van der Waals surface area contributed by atoms with Crippen molar-refractivity contribution in [1.29, 1.82) is 0 Å². The number of carbonyl (C=O) groups excluding carboxylic acids is 2. The summed E-state index contributed by atoms with van der Waals surface area (Å²) in [7, 11) is 0. The highest BCUT2D eigenvalue weighted by Crippen LogP contribution is 2.57. The fourth-order valence-corrected chi connectivity index (χ4v) is 2.81. The molecule has 1 aliphatic rings. The highest BCUT2D eigenvalue weighted by Gasteiger charge is 2.67. The lowest BCUT2D eigenvalue weighted by atomic mass is 9.93. The predicted molar refractivity (Wildman–Crippen MR) is 74.5 cm³/mol. The SMILES string of the molecule is CCOC(=O)[C@H]1C[C@]1(C(=O)OCC)c1ccccc1Cl. The van der Waals surface area contributed by atoms with Gasteiger partial charge in [0.15, 0.2) is 0 Å². The average molecular weight is 297 g/mol. The number of hydrogen-bond donors (Lipinski definition) is 0. The maximum Gasteiger partial charge on any atom is 0.317 e. The Morgan fingerprint density at radius 2 is 1.90 bits per heavy atom. The number of rotatable bonds is 5. The van der Waals surface area contributed by atoms with Gasteiger partial charge >= 0.3 is 11.9 Å². The van der Waals surface area contributed by atoms with Crippen molar-refractivity contribution in [3.8, 4) is 0 Å². The van der Waals surface area contributed by atoms with E-state index in [-0.39, 0.29) is 19.2 Å². The third kappa shape index (κ3) is 2.40. The molecule has 1 saturated carbocycles. The van der Waals surface area contributed by atoms with Gasteiger partial charge in [-0.1, -0.05) is 29.8 Å². The molecule has 5 heteroatoms. The molecular weight excluding hydrogens is 280 g/mol. The topological polar surface area (TPSA) is 52.6 Å². The number of hydrogen-bond acceptors (Lipinski definition) is 4. The van der Waals surface area contributed by atoms with Crippen LogP contribution in [0.5, 0.6) is 0 Å². The van der Waals surface area contributed by atoms with Crippen molar-refractivity contribution >= 4 is 23.5 Å². The molecule has 0 unspecified atom stereocenters. The molecule has 0 amide bonds. The van der Waals surface area contributed by atoms with Crippen molar-refractivity contribution in [1.82, 2.24) is 0 Å². The van der Waals surface area contributed by atoms with Gasteiger partial charge in [0.05, 0.1) is 19.1 Å². The van der Waals surface area contributed by atoms with E-state index in [1.807, 2.05) is 0 Å². The van der Waals surface area contributed by atoms with Crippen LogP contribution in [0.2, 0.25) is 5.02 Å². The molecule has 0 N–H and O–H groups in total. The van der Waals surface area contributed by atoms with Gasteiger partial charge in [0.1, 0.15) is 5.41 Å². The highest BCUT2D eigenvalue weighted by atomic mass is 35.5. The van der Waals surface area contributed by atoms with Crippen LogP contribution in [0, 0.1) is 5.92 Å². The van der Waals surface area contributed by atoms with Crippen molar-refractivity contribution in [2.45, 2.75) is 25.7 Å². The summed E-state index contributed by atoms with van der Waals surface area (Å²) in [5.74, 6) is -1.30. The number of ether oxygens (including phenoxy) is 2. The Bertz CT molecular complexity index is 528. The molecule has 4 nitrogen and oxygen atoms in total. The Kier molecular flexibility index (Phi) is 4.33. The van der Waals surface area contributed by atoms with Crippen LogP contribution in [0.1, 0.15) is 25.8 Å². The number of carbonyl (C=O) groups is 2. The fraction of sp³-hybridized carbons (Fsp3) is 0.467. The Labute approximate surface area is 123 Å². The van der Waals surface area contributed by atoms with Gasteiger partial charge in [-0.3, -0.25) is 9.59 Å². The summed E-state index contributed by atoms with van der Waals surface area (Å²) >= 11 is 6.18. The van der Waals surface area contributed by atoms with Gasteiger partial charge in [0, 0.05) is 5.02 Å². The summed E-state index contributed by atoms with van der Waals surface area (Å²) in [4.78, 5) is 24.3. The number of benzene rings is 1. The van der Waals surface area contributed by atoms with E-state index >= 15 is 0 Å². The maximum absolute atomic E-state index is 12.3. The monoisotopic (exact) mass is 296 g/mol. The molecule has 108 valence electrons. The van der Waals surface area contributed by atoms with Gasteiger partial charge in [0.25, 0.3) is 0 Å². The van der Waals surface area contributed by atoms with Crippen molar-refractivity contribution in [2.75, 3.05) is 13.2 Å². The molecule has 0 bridgehead atoms. The van der Waals surface area contributed by atoms with Gasteiger partial charge in [-0.25, -0.2) is 0 Å². The molecule has 0 aliphatic heterocycles. The summed E-state index contributed by atoms with van der Waals surface area (Å²) < 4.78 is 10.2. The fourth-order valence-electron chi connectivity index (χ4n) is 2.51. The van der Waals surface area contributed by atoms with Crippen LogP contribution in [0.25, 0.3) is 0 Å². The normalized spacial score (nSPS) is 24.1. The smallest absolute Gasteiger partial charge is 0.317 e. The zero-order valence-electron chi connectivity index (χ0n) is 11.5. The van der Waals surface area contributed by atoms with Crippen molar-refractivity contribution in [3.05, 3.63) is 34.9 Å². The van der Waals surface area contributed by atoms with E-state index in [9.17, 15) is 9.59 Å². The van der Waals surface area contributed by atoms with E-state index in [2.05, 4.69) is 0 Å². The van der Waals surface area contributed by atoms with E-state index in [0.717, 1.165) is 0 Å². The van der Waals surface area contributed by atoms with Gasteiger partial charge in [0.2, 0.25) is 0 Å². The minimum atomic E-state index is -0.986. The van der Waals surface area contributed by atoms with E-state index in [1.54, 1.807) is 38.1 Å². The quantitative estimate of drug-likeness (QED) is 0.784. The second kappa shape index (κ2) is 5.83. The zero-order valence-corrected chi connectivity index (χ0v) is 12.3. The third-order valence-corrected chi connectivity index (χ3v) is 3.86. The second-order valence-electron chi connectivity index (χ2n) is 4.68. The molecule has 2 atom stereocenters. The Hall–Kier alpha value is -1.55. The Morgan fingerprint density at radius 3 is 2.50 bits per heavy atom. The van der Waals surface area contributed by atoms with Crippen LogP contribution in [-0.4, -0.2) is 25.2 Å². The molecule has 0 aromatic heterocycles. The van der Waals surface area contributed by atoms with Gasteiger partial charge < -0.3 is 9.47 Å². The van der Waals surface area contributed by atoms with Crippen LogP contribution in [-0.2, 0) is 24.5 Å². The molecule has 0 spiro atoms. The largest absolute Gasteiger partial charge is 0.466 e. The molecule has 1 aromatic carbocycles. The summed E-state index contributed by atoms with van der Waals surface area (Å²) in [6.07, 6.45) is 0.383. The number of esters is 2. The average Bonchev–Trinajstić information content (AvgIpc) is 3.16. The van der Waals surface area contributed by atoms with Crippen LogP contribution < -0.4 is 0 Å². The van der Waals surface area contributed by atoms with Crippen molar-refractivity contribution in [2.24, 2.45) is 5.92 Å². The molecule has 1 aromatic rings. The van der Waals surface area contributed by atoms with Crippen LogP contribution in [0.4, 0.5) is 0 Å². The highest BCUT2D eigenvalue weighted by molar-refractivity contribution is 6.32. The lowest BCUT2D eigenvalue weighted by Crippen LogP contribution is -2.29. The molecule has 20 heavy (non-hydrogen) atoms. The predicted octanol–water partition coefficient (Wildman–Crippen LogP) is 2.72. The lowest BCUT2D eigenvalue weighted by Gasteiger charge is -2.17. The third-order valence-electron chi connectivity index (χ3n) is 3.53. The zero-order chi connectivity index (χ0) is 14.8. The Balaban J connectivity index is 2.36. The minimum absolute atomic E-state index is 0.264.